The minimum absolute atomic E-state index is 0.0201. The van der Waals surface area contributed by atoms with Crippen LogP contribution in [-0.2, 0) is 22.2 Å². The zero-order chi connectivity index (χ0) is 23.4. The summed E-state index contributed by atoms with van der Waals surface area (Å²) >= 11 is 6.11. The molecule has 11 nitrogen and oxygen atoms in total. The first-order chi connectivity index (χ1) is 15.9. The molecule has 33 heavy (non-hydrogen) atoms. The Hall–Kier alpha value is -2.93. The average molecular weight is 491 g/mol. The van der Waals surface area contributed by atoms with E-state index in [9.17, 15) is 8.42 Å². The van der Waals surface area contributed by atoms with Crippen molar-refractivity contribution in [1.82, 2.24) is 29.6 Å². The number of nitrogens with two attached hydrogens (primary N) is 1. The molecule has 1 fully saturated rings. The second-order valence-electron chi connectivity index (χ2n) is 7.51. The van der Waals surface area contributed by atoms with Crippen molar-refractivity contribution >= 4 is 39.9 Å². The van der Waals surface area contributed by atoms with Crippen molar-refractivity contribution in [1.29, 1.82) is 0 Å². The summed E-state index contributed by atoms with van der Waals surface area (Å²) in [6.07, 6.45) is 5.18. The van der Waals surface area contributed by atoms with Gasteiger partial charge in [0.2, 0.25) is 16.8 Å². The van der Waals surface area contributed by atoms with Crippen LogP contribution in [0.1, 0.15) is 35.7 Å². The molecule has 3 aromatic rings. The molecule has 0 radical (unpaired) electrons. The van der Waals surface area contributed by atoms with Gasteiger partial charge >= 0.3 is 0 Å². The lowest BCUT2D eigenvalue weighted by molar-refractivity contribution is 0.0853. The lowest BCUT2D eigenvalue weighted by Crippen LogP contribution is -2.15. The third kappa shape index (κ3) is 5.90. The molecule has 0 bridgehead atoms. The number of aryl methyl sites for hydroxylation is 1. The van der Waals surface area contributed by atoms with Gasteiger partial charge < -0.3 is 15.8 Å². The van der Waals surface area contributed by atoms with Gasteiger partial charge in [-0.1, -0.05) is 11.6 Å². The number of nitrogens with one attached hydrogen (secondary N) is 2. The number of nitrogens with zero attached hydrogens (tertiary/aromatic N) is 5. The number of nitrogen functional groups attached to an aromatic ring is 1. The van der Waals surface area contributed by atoms with E-state index in [-0.39, 0.29) is 17.6 Å². The molecule has 1 saturated heterocycles. The van der Waals surface area contributed by atoms with Gasteiger partial charge in [-0.05, 0) is 43.4 Å². The standard InChI is InChI=1S/C20H23ClN8O3S/c1-11-26-19(29-20(22)27-11)16-7-13(12-2-4-32-5-3-12)8-24-18(16)28-15-6-14(9-25-33(30)31)17(21)23-10-15/h6-8,10,12,33H,2-5,9H2,1H3,(H,24,28)(H,25,30,31)(H2,22,26,27,29). The number of thiol groups is 1. The molecule has 0 aliphatic carbocycles. The Bertz CT molecular complexity index is 1210. The number of halogens is 1. The molecule has 0 saturated carbocycles. The first-order valence-corrected chi connectivity index (χ1v) is 11.8. The zero-order valence-electron chi connectivity index (χ0n) is 17.8. The minimum Gasteiger partial charge on any atom is -0.381 e. The molecular formula is C20H23ClN8O3S. The maximum atomic E-state index is 10.9. The van der Waals surface area contributed by atoms with E-state index in [1.165, 1.54) is 6.20 Å². The highest BCUT2D eigenvalue weighted by Crippen LogP contribution is 2.33. The van der Waals surface area contributed by atoms with Gasteiger partial charge in [0.15, 0.2) is 5.82 Å². The minimum atomic E-state index is -2.76. The molecule has 0 unspecified atom stereocenters. The average Bonchev–Trinajstić information content (AvgIpc) is 2.79. The summed E-state index contributed by atoms with van der Waals surface area (Å²) in [6, 6.07) is 3.71. The Kier molecular flexibility index (Phi) is 7.28. The van der Waals surface area contributed by atoms with Crippen LogP contribution < -0.4 is 15.8 Å². The first kappa shape index (κ1) is 23.2. The SMILES string of the molecule is Cc1nc(N)nc(-c2cc(C3CCOCC3)cnc2Nc2cnc(Cl)c(CN[SH](=O)=O)c2)n1. The van der Waals surface area contributed by atoms with E-state index in [1.54, 1.807) is 13.0 Å². The quantitative estimate of drug-likeness (QED) is 0.285. The number of hydrogen-bond donors (Lipinski definition) is 4. The van der Waals surface area contributed by atoms with E-state index in [4.69, 9.17) is 22.1 Å². The van der Waals surface area contributed by atoms with Crippen LogP contribution in [0.3, 0.4) is 0 Å². The third-order valence-electron chi connectivity index (χ3n) is 5.18. The molecule has 0 aromatic carbocycles. The zero-order valence-corrected chi connectivity index (χ0v) is 19.4. The van der Waals surface area contributed by atoms with Crippen LogP contribution in [0.5, 0.6) is 0 Å². The molecule has 4 rings (SSSR count). The summed E-state index contributed by atoms with van der Waals surface area (Å²) in [6.45, 7) is 3.18. The molecule has 1 aliphatic heterocycles. The van der Waals surface area contributed by atoms with Gasteiger partial charge in [-0.25, -0.2) is 28.1 Å². The summed E-state index contributed by atoms with van der Waals surface area (Å²) in [7, 11) is -2.76. The number of hydrogen-bond acceptors (Lipinski definition) is 10. The van der Waals surface area contributed by atoms with Crippen LogP contribution in [0.4, 0.5) is 17.5 Å². The highest BCUT2D eigenvalue weighted by Gasteiger charge is 2.20. The maximum Gasteiger partial charge on any atom is 0.223 e. The van der Waals surface area contributed by atoms with Gasteiger partial charge in [-0.3, -0.25) is 0 Å². The van der Waals surface area contributed by atoms with E-state index < -0.39 is 10.9 Å². The van der Waals surface area contributed by atoms with Crippen molar-refractivity contribution < 1.29 is 13.2 Å². The Balaban J connectivity index is 1.72. The van der Waals surface area contributed by atoms with Crippen molar-refractivity contribution in [3.05, 3.63) is 46.6 Å². The molecule has 4 heterocycles. The monoisotopic (exact) mass is 490 g/mol. The normalized spacial score (nSPS) is 14.5. The molecule has 13 heteroatoms. The van der Waals surface area contributed by atoms with Crippen LogP contribution in [0.2, 0.25) is 5.15 Å². The summed E-state index contributed by atoms with van der Waals surface area (Å²) in [5.74, 6) is 1.83. The molecule has 0 amide bonds. The highest BCUT2D eigenvalue weighted by atomic mass is 35.5. The first-order valence-electron chi connectivity index (χ1n) is 10.2. The van der Waals surface area contributed by atoms with Gasteiger partial charge in [0, 0.05) is 31.5 Å². The van der Waals surface area contributed by atoms with Crippen LogP contribution in [0.15, 0.2) is 24.5 Å². The number of anilines is 3. The van der Waals surface area contributed by atoms with Gasteiger partial charge in [-0.15, -0.1) is 0 Å². The fourth-order valence-corrected chi connectivity index (χ4v) is 4.07. The third-order valence-corrected chi connectivity index (χ3v) is 5.94. The van der Waals surface area contributed by atoms with E-state index in [0.717, 1.165) is 18.4 Å². The van der Waals surface area contributed by atoms with Crippen LogP contribution >= 0.6 is 11.6 Å². The summed E-state index contributed by atoms with van der Waals surface area (Å²) < 4.78 is 29.6. The smallest absolute Gasteiger partial charge is 0.223 e. The van der Waals surface area contributed by atoms with Gasteiger partial charge in [-0.2, -0.15) is 9.97 Å². The fraction of sp³-hybridized carbons (Fsp3) is 0.350. The molecule has 4 N–H and O–H groups in total. The van der Waals surface area contributed by atoms with Crippen molar-refractivity contribution in [2.75, 3.05) is 24.3 Å². The highest BCUT2D eigenvalue weighted by molar-refractivity contribution is 7.70. The summed E-state index contributed by atoms with van der Waals surface area (Å²) in [4.78, 5) is 21.6. The molecule has 1 aliphatic rings. The lowest BCUT2D eigenvalue weighted by atomic mass is 9.92. The van der Waals surface area contributed by atoms with E-state index in [0.29, 0.717) is 53.4 Å². The van der Waals surface area contributed by atoms with Crippen LogP contribution in [0.25, 0.3) is 11.4 Å². The van der Waals surface area contributed by atoms with Crippen molar-refractivity contribution in [3.8, 4) is 11.4 Å². The predicted octanol–water partition coefficient (Wildman–Crippen LogP) is 2.13. The Morgan fingerprint density at radius 1 is 1.15 bits per heavy atom. The Morgan fingerprint density at radius 2 is 1.94 bits per heavy atom. The summed E-state index contributed by atoms with van der Waals surface area (Å²) in [5.41, 5.74) is 8.69. The Morgan fingerprint density at radius 3 is 2.67 bits per heavy atom. The number of rotatable bonds is 7. The van der Waals surface area contributed by atoms with Crippen LogP contribution in [-0.4, -0.2) is 46.6 Å². The molecule has 3 aromatic heterocycles. The molecular weight excluding hydrogens is 468 g/mol. The van der Waals surface area contributed by atoms with E-state index >= 15 is 0 Å². The van der Waals surface area contributed by atoms with Crippen LogP contribution in [0, 0.1) is 6.92 Å². The Labute approximate surface area is 197 Å². The second kappa shape index (κ2) is 10.3. The van der Waals surface area contributed by atoms with Crippen molar-refractivity contribution in [2.24, 2.45) is 0 Å². The lowest BCUT2D eigenvalue weighted by Gasteiger charge is -2.23. The number of ether oxygens (including phenoxy) is 1. The van der Waals surface area contributed by atoms with Gasteiger partial charge in [0.1, 0.15) is 16.8 Å². The van der Waals surface area contributed by atoms with Gasteiger partial charge in [0.05, 0.1) is 17.4 Å². The second-order valence-corrected chi connectivity index (χ2v) is 8.70. The number of aromatic nitrogens is 5. The van der Waals surface area contributed by atoms with E-state index in [1.807, 2.05) is 12.3 Å². The molecule has 0 atom stereocenters. The van der Waals surface area contributed by atoms with E-state index in [2.05, 4.69) is 35.0 Å². The largest absolute Gasteiger partial charge is 0.381 e. The topological polar surface area (TPSA) is 158 Å². The molecule has 174 valence electrons. The van der Waals surface area contributed by atoms with Gasteiger partial charge in [0.25, 0.3) is 0 Å². The number of pyridine rings is 2. The van der Waals surface area contributed by atoms with Crippen molar-refractivity contribution in [3.63, 3.8) is 0 Å². The predicted molar refractivity (Wildman–Crippen MR) is 125 cm³/mol. The molecule has 0 spiro atoms. The maximum absolute atomic E-state index is 10.9. The van der Waals surface area contributed by atoms with Crippen molar-refractivity contribution in [2.45, 2.75) is 32.2 Å². The summed E-state index contributed by atoms with van der Waals surface area (Å²) in [5, 5.41) is 3.42. The fourth-order valence-electron chi connectivity index (χ4n) is 3.60.